The van der Waals surface area contributed by atoms with Gasteiger partial charge < -0.3 is 15.2 Å². The largest absolute Gasteiger partial charge is 0.394 e. The molecule has 0 aliphatic heterocycles. The van der Waals surface area contributed by atoms with Gasteiger partial charge in [0.05, 0.1) is 13.2 Å². The third kappa shape index (κ3) is 9.77. The molecule has 4 nitrogen and oxygen atoms in total. The SMILES string of the molecule is O=C(CCCCl)NCCCOCCO. The Morgan fingerprint density at radius 3 is 2.79 bits per heavy atom. The molecule has 1 amide bonds. The van der Waals surface area contributed by atoms with Crippen LogP contribution >= 0.6 is 11.6 Å². The second-order valence-corrected chi connectivity index (χ2v) is 3.21. The number of hydrogen-bond acceptors (Lipinski definition) is 3. The molecular formula is C9H18ClNO3. The third-order valence-electron chi connectivity index (χ3n) is 1.56. The Balaban J connectivity index is 3.07. The van der Waals surface area contributed by atoms with E-state index in [2.05, 4.69) is 5.32 Å². The predicted octanol–water partition coefficient (Wildman–Crippen LogP) is 0.521. The highest BCUT2D eigenvalue weighted by Gasteiger charge is 1.98. The van der Waals surface area contributed by atoms with Crippen LogP contribution in [0.25, 0.3) is 0 Å². The van der Waals surface area contributed by atoms with Crippen LogP contribution in [0, 0.1) is 0 Å². The fourth-order valence-electron chi connectivity index (χ4n) is 0.884. The van der Waals surface area contributed by atoms with Crippen LogP contribution in [0.3, 0.4) is 0 Å². The quantitative estimate of drug-likeness (QED) is 0.443. The van der Waals surface area contributed by atoms with Crippen molar-refractivity contribution in [3.63, 3.8) is 0 Å². The van der Waals surface area contributed by atoms with Crippen molar-refractivity contribution >= 4 is 17.5 Å². The molecule has 0 radical (unpaired) electrons. The summed E-state index contributed by atoms with van der Waals surface area (Å²) < 4.78 is 5.02. The molecule has 0 saturated heterocycles. The van der Waals surface area contributed by atoms with Crippen molar-refractivity contribution in [1.82, 2.24) is 5.32 Å². The van der Waals surface area contributed by atoms with E-state index in [9.17, 15) is 4.79 Å². The van der Waals surface area contributed by atoms with Crippen molar-refractivity contribution in [2.45, 2.75) is 19.3 Å². The van der Waals surface area contributed by atoms with Crippen molar-refractivity contribution in [1.29, 1.82) is 0 Å². The summed E-state index contributed by atoms with van der Waals surface area (Å²) in [5.74, 6) is 0.556. The molecule has 0 fully saturated rings. The lowest BCUT2D eigenvalue weighted by Gasteiger charge is -2.04. The first-order chi connectivity index (χ1) is 6.81. The van der Waals surface area contributed by atoms with Crippen LogP contribution in [0.2, 0.25) is 0 Å². The van der Waals surface area contributed by atoms with Crippen molar-refractivity contribution in [2.75, 3.05) is 32.2 Å². The summed E-state index contributed by atoms with van der Waals surface area (Å²) in [6.07, 6.45) is 1.97. The van der Waals surface area contributed by atoms with Crippen molar-refractivity contribution in [3.05, 3.63) is 0 Å². The lowest BCUT2D eigenvalue weighted by Crippen LogP contribution is -2.25. The average Bonchev–Trinajstić information content (AvgIpc) is 2.20. The van der Waals surface area contributed by atoms with Crippen LogP contribution in [0.4, 0.5) is 0 Å². The van der Waals surface area contributed by atoms with Gasteiger partial charge in [0.1, 0.15) is 0 Å². The maximum atomic E-state index is 11.0. The van der Waals surface area contributed by atoms with Gasteiger partial charge in [-0.25, -0.2) is 0 Å². The van der Waals surface area contributed by atoms with Gasteiger partial charge in [-0.05, 0) is 12.8 Å². The first kappa shape index (κ1) is 13.7. The zero-order valence-corrected chi connectivity index (χ0v) is 9.05. The minimum Gasteiger partial charge on any atom is -0.394 e. The molecule has 84 valence electrons. The smallest absolute Gasteiger partial charge is 0.220 e. The Bertz CT molecular complexity index is 144. The molecule has 0 aromatic heterocycles. The highest BCUT2D eigenvalue weighted by molar-refractivity contribution is 6.17. The van der Waals surface area contributed by atoms with Crippen molar-refractivity contribution in [3.8, 4) is 0 Å². The maximum Gasteiger partial charge on any atom is 0.220 e. The third-order valence-corrected chi connectivity index (χ3v) is 1.83. The Labute approximate surface area is 89.6 Å². The van der Waals surface area contributed by atoms with E-state index in [4.69, 9.17) is 21.4 Å². The normalized spacial score (nSPS) is 10.1. The Morgan fingerprint density at radius 1 is 1.36 bits per heavy atom. The molecule has 0 unspecified atom stereocenters. The highest BCUT2D eigenvalue weighted by Crippen LogP contribution is 1.91. The summed E-state index contributed by atoms with van der Waals surface area (Å²) in [5, 5.41) is 11.2. The van der Waals surface area contributed by atoms with E-state index in [0.29, 0.717) is 38.5 Å². The first-order valence-electron chi connectivity index (χ1n) is 4.82. The number of nitrogens with one attached hydrogen (secondary N) is 1. The summed E-state index contributed by atoms with van der Waals surface area (Å²) >= 11 is 5.44. The topological polar surface area (TPSA) is 58.6 Å². The van der Waals surface area contributed by atoms with Gasteiger partial charge in [-0.2, -0.15) is 0 Å². The molecule has 14 heavy (non-hydrogen) atoms. The van der Waals surface area contributed by atoms with Crippen LogP contribution < -0.4 is 5.32 Å². The van der Waals surface area contributed by atoms with Gasteiger partial charge in [0.15, 0.2) is 0 Å². The molecule has 0 heterocycles. The number of carbonyl (C=O) groups excluding carboxylic acids is 1. The monoisotopic (exact) mass is 223 g/mol. The molecule has 0 saturated carbocycles. The van der Waals surface area contributed by atoms with E-state index in [-0.39, 0.29) is 12.5 Å². The average molecular weight is 224 g/mol. The molecule has 0 atom stereocenters. The maximum absolute atomic E-state index is 11.0. The van der Waals surface area contributed by atoms with Crippen LogP contribution in [0.15, 0.2) is 0 Å². The van der Waals surface area contributed by atoms with Gasteiger partial charge in [0.2, 0.25) is 5.91 Å². The van der Waals surface area contributed by atoms with Gasteiger partial charge >= 0.3 is 0 Å². The van der Waals surface area contributed by atoms with E-state index in [0.717, 1.165) is 6.42 Å². The zero-order chi connectivity index (χ0) is 10.6. The lowest BCUT2D eigenvalue weighted by atomic mass is 10.3. The number of rotatable bonds is 9. The summed E-state index contributed by atoms with van der Waals surface area (Å²) in [5.41, 5.74) is 0. The number of alkyl halides is 1. The number of ether oxygens (including phenoxy) is 1. The van der Waals surface area contributed by atoms with Gasteiger partial charge in [-0.15, -0.1) is 11.6 Å². The molecule has 0 aliphatic carbocycles. The van der Waals surface area contributed by atoms with Crippen molar-refractivity contribution < 1.29 is 14.6 Å². The van der Waals surface area contributed by atoms with Crippen molar-refractivity contribution in [2.24, 2.45) is 0 Å². The molecule has 0 aromatic carbocycles. The fourth-order valence-corrected chi connectivity index (χ4v) is 1.02. The van der Waals surface area contributed by atoms with Crippen LogP contribution in [0.1, 0.15) is 19.3 Å². The highest BCUT2D eigenvalue weighted by atomic mass is 35.5. The Kier molecular flexibility index (Phi) is 10.5. The van der Waals surface area contributed by atoms with E-state index in [1.807, 2.05) is 0 Å². The van der Waals surface area contributed by atoms with Crippen LogP contribution in [-0.4, -0.2) is 43.3 Å². The number of halogens is 1. The number of aliphatic hydroxyl groups is 1. The lowest BCUT2D eigenvalue weighted by molar-refractivity contribution is -0.121. The van der Waals surface area contributed by atoms with E-state index in [1.54, 1.807) is 0 Å². The first-order valence-corrected chi connectivity index (χ1v) is 5.36. The summed E-state index contributed by atoms with van der Waals surface area (Å²) in [6, 6.07) is 0. The molecule has 0 bridgehead atoms. The van der Waals surface area contributed by atoms with Gasteiger partial charge in [0.25, 0.3) is 0 Å². The fraction of sp³-hybridized carbons (Fsp3) is 0.889. The molecular weight excluding hydrogens is 206 g/mol. The Hall–Kier alpha value is -0.320. The van der Waals surface area contributed by atoms with Gasteiger partial charge in [0, 0.05) is 25.5 Å². The molecule has 0 rings (SSSR count). The van der Waals surface area contributed by atoms with E-state index < -0.39 is 0 Å². The second kappa shape index (κ2) is 10.8. The minimum absolute atomic E-state index is 0.0350. The number of amides is 1. The van der Waals surface area contributed by atoms with Crippen LogP contribution in [0.5, 0.6) is 0 Å². The summed E-state index contributed by atoms with van der Waals surface area (Å²) in [6.45, 7) is 1.59. The van der Waals surface area contributed by atoms with E-state index >= 15 is 0 Å². The number of hydrogen-bond donors (Lipinski definition) is 2. The van der Waals surface area contributed by atoms with Gasteiger partial charge in [-0.3, -0.25) is 4.79 Å². The zero-order valence-electron chi connectivity index (χ0n) is 8.30. The molecule has 0 spiro atoms. The predicted molar refractivity (Wildman–Crippen MR) is 55.5 cm³/mol. The molecule has 0 aliphatic rings. The summed E-state index contributed by atoms with van der Waals surface area (Å²) in [4.78, 5) is 11.0. The van der Waals surface area contributed by atoms with Gasteiger partial charge in [-0.1, -0.05) is 0 Å². The summed E-state index contributed by atoms with van der Waals surface area (Å²) in [7, 11) is 0. The number of aliphatic hydroxyl groups excluding tert-OH is 1. The number of carbonyl (C=O) groups is 1. The van der Waals surface area contributed by atoms with E-state index in [1.165, 1.54) is 0 Å². The Morgan fingerprint density at radius 2 is 2.14 bits per heavy atom. The standard InChI is InChI=1S/C9H18ClNO3/c10-4-1-3-9(13)11-5-2-7-14-8-6-12/h12H,1-8H2,(H,11,13). The van der Waals surface area contributed by atoms with Crippen LogP contribution in [-0.2, 0) is 9.53 Å². The minimum atomic E-state index is 0.0350. The molecule has 5 heteroatoms. The molecule has 0 aromatic rings. The molecule has 2 N–H and O–H groups in total. The second-order valence-electron chi connectivity index (χ2n) is 2.83.